The number of nitrogens with zero attached hydrogens (tertiary/aromatic N) is 6. The highest BCUT2D eigenvalue weighted by molar-refractivity contribution is 5.84. The van der Waals surface area contributed by atoms with Gasteiger partial charge in [0.1, 0.15) is 12.0 Å². The maximum absolute atomic E-state index is 11.4. The van der Waals surface area contributed by atoms with Crippen LogP contribution in [0.2, 0.25) is 0 Å². The summed E-state index contributed by atoms with van der Waals surface area (Å²) in [4.78, 5) is 25.9. The summed E-state index contributed by atoms with van der Waals surface area (Å²) in [5, 5.41) is 19.3. The number of methoxy groups -OCH3 is 1. The third kappa shape index (κ3) is 2.59. The summed E-state index contributed by atoms with van der Waals surface area (Å²) in [6.45, 7) is 3.96. The van der Waals surface area contributed by atoms with Crippen molar-refractivity contribution in [1.82, 2.24) is 24.5 Å². The minimum atomic E-state index is -0.713. The fourth-order valence-electron chi connectivity index (χ4n) is 1.92. The lowest BCUT2D eigenvalue weighted by Crippen LogP contribution is -2.11. The van der Waals surface area contributed by atoms with Crippen molar-refractivity contribution in [2.75, 3.05) is 7.11 Å². The molecule has 10 nitrogen and oxygen atoms in total. The molecule has 0 saturated carbocycles. The molecular formula is C11H14N6O4. The molecule has 2 aromatic heterocycles. The van der Waals surface area contributed by atoms with E-state index in [-0.39, 0.29) is 23.0 Å². The molecule has 0 aliphatic rings. The molecule has 0 saturated heterocycles. The van der Waals surface area contributed by atoms with E-state index in [0.717, 1.165) is 6.42 Å². The highest BCUT2D eigenvalue weighted by Gasteiger charge is 2.28. The third-order valence-corrected chi connectivity index (χ3v) is 2.76. The lowest BCUT2D eigenvalue weighted by Gasteiger charge is -2.04. The first-order chi connectivity index (χ1) is 9.99. The topological polar surface area (TPSA) is 118 Å². The zero-order chi connectivity index (χ0) is 15.6. The van der Waals surface area contributed by atoms with Gasteiger partial charge in [0, 0.05) is 6.54 Å². The van der Waals surface area contributed by atoms with Crippen LogP contribution in [-0.4, -0.2) is 42.5 Å². The first-order valence-corrected chi connectivity index (χ1v) is 6.21. The van der Waals surface area contributed by atoms with E-state index in [9.17, 15) is 14.9 Å². The number of rotatable bonds is 5. The number of carbonyl (C=O) groups excluding carboxylic acids is 1. The fourth-order valence-corrected chi connectivity index (χ4v) is 1.92. The molecule has 0 aliphatic carbocycles. The van der Waals surface area contributed by atoms with E-state index in [1.54, 1.807) is 6.92 Å². The van der Waals surface area contributed by atoms with Crippen molar-refractivity contribution in [2.24, 2.45) is 0 Å². The molecule has 112 valence electrons. The van der Waals surface area contributed by atoms with Gasteiger partial charge < -0.3 is 4.74 Å². The second-order valence-electron chi connectivity index (χ2n) is 4.24. The van der Waals surface area contributed by atoms with Gasteiger partial charge in [-0.3, -0.25) is 10.1 Å². The summed E-state index contributed by atoms with van der Waals surface area (Å²) in [7, 11) is 1.21. The van der Waals surface area contributed by atoms with Crippen molar-refractivity contribution in [3.63, 3.8) is 0 Å². The number of hydrogen-bond acceptors (Lipinski definition) is 7. The number of esters is 1. The molecule has 0 radical (unpaired) electrons. The predicted octanol–water partition coefficient (Wildman–Crippen LogP) is 0.877. The molecule has 2 rings (SSSR count). The Labute approximate surface area is 119 Å². The van der Waals surface area contributed by atoms with Gasteiger partial charge in [-0.25, -0.2) is 14.5 Å². The standard InChI is InChI=1S/C11H14N6O4/c1-4-5-15-10(8(17(19)20)7(2)13-15)16-6-12-9(14-16)11(18)21-3/h6H,4-5H2,1-3H3. The highest BCUT2D eigenvalue weighted by Crippen LogP contribution is 2.26. The fraction of sp³-hybridized carbons (Fsp3) is 0.455. The molecule has 0 aromatic carbocycles. The van der Waals surface area contributed by atoms with Crippen LogP contribution in [0.1, 0.15) is 29.7 Å². The van der Waals surface area contributed by atoms with E-state index < -0.39 is 10.9 Å². The number of carbonyl (C=O) groups is 1. The SMILES string of the molecule is CCCn1nc(C)c([N+](=O)[O-])c1-n1cnc(C(=O)OC)n1. The monoisotopic (exact) mass is 294 g/mol. The van der Waals surface area contributed by atoms with Crippen LogP contribution in [0.15, 0.2) is 6.33 Å². The van der Waals surface area contributed by atoms with Crippen LogP contribution in [0.5, 0.6) is 0 Å². The first-order valence-electron chi connectivity index (χ1n) is 6.21. The first kappa shape index (κ1) is 14.6. The minimum Gasteiger partial charge on any atom is -0.463 e. The smallest absolute Gasteiger partial charge is 0.377 e. The van der Waals surface area contributed by atoms with Crippen LogP contribution in [-0.2, 0) is 11.3 Å². The molecule has 0 unspecified atom stereocenters. The van der Waals surface area contributed by atoms with E-state index in [2.05, 4.69) is 19.9 Å². The molecule has 0 N–H and O–H groups in total. The highest BCUT2D eigenvalue weighted by atomic mass is 16.6. The Morgan fingerprint density at radius 3 is 2.76 bits per heavy atom. The van der Waals surface area contributed by atoms with Crippen molar-refractivity contribution in [3.8, 4) is 5.82 Å². The summed E-state index contributed by atoms with van der Waals surface area (Å²) in [5.41, 5.74) is 0.114. The Hall–Kier alpha value is -2.78. The van der Waals surface area contributed by atoms with Crippen molar-refractivity contribution in [2.45, 2.75) is 26.8 Å². The zero-order valence-corrected chi connectivity index (χ0v) is 11.8. The van der Waals surface area contributed by atoms with Crippen molar-refractivity contribution in [1.29, 1.82) is 0 Å². The Morgan fingerprint density at radius 2 is 2.19 bits per heavy atom. The van der Waals surface area contributed by atoms with Crippen LogP contribution < -0.4 is 0 Å². The summed E-state index contributed by atoms with van der Waals surface area (Å²) in [6, 6.07) is 0. The van der Waals surface area contributed by atoms with E-state index in [1.165, 1.54) is 22.8 Å². The van der Waals surface area contributed by atoms with Crippen LogP contribution in [0.3, 0.4) is 0 Å². The van der Waals surface area contributed by atoms with Crippen LogP contribution in [0.25, 0.3) is 5.82 Å². The van der Waals surface area contributed by atoms with Gasteiger partial charge in [0.05, 0.1) is 12.0 Å². The Balaban J connectivity index is 2.58. The molecule has 10 heteroatoms. The number of aromatic nitrogens is 5. The lowest BCUT2D eigenvalue weighted by atomic mass is 10.4. The second-order valence-corrected chi connectivity index (χ2v) is 4.24. The van der Waals surface area contributed by atoms with Gasteiger partial charge in [0.2, 0.25) is 5.82 Å². The summed E-state index contributed by atoms with van der Waals surface area (Å²) < 4.78 is 7.15. The van der Waals surface area contributed by atoms with Gasteiger partial charge >= 0.3 is 11.7 Å². The Bertz CT molecular complexity index is 689. The van der Waals surface area contributed by atoms with E-state index in [0.29, 0.717) is 6.54 Å². The molecule has 2 heterocycles. The largest absolute Gasteiger partial charge is 0.463 e. The molecule has 0 spiro atoms. The van der Waals surface area contributed by atoms with Gasteiger partial charge in [0.15, 0.2) is 0 Å². The van der Waals surface area contributed by atoms with Gasteiger partial charge in [0.25, 0.3) is 5.82 Å². The molecule has 0 fully saturated rings. The van der Waals surface area contributed by atoms with Gasteiger partial charge in [-0.2, -0.15) is 9.78 Å². The Kier molecular flexibility index (Phi) is 3.96. The predicted molar refractivity (Wildman–Crippen MR) is 70.2 cm³/mol. The molecule has 2 aromatic rings. The van der Waals surface area contributed by atoms with Gasteiger partial charge in [-0.15, -0.1) is 5.10 Å². The average molecular weight is 294 g/mol. The third-order valence-electron chi connectivity index (χ3n) is 2.76. The Morgan fingerprint density at radius 1 is 1.48 bits per heavy atom. The summed E-state index contributed by atoms with van der Waals surface area (Å²) in [5.74, 6) is -0.717. The van der Waals surface area contributed by atoms with E-state index in [1.807, 2.05) is 6.92 Å². The average Bonchev–Trinajstić information content (AvgIpc) is 3.02. The number of hydrogen-bond donors (Lipinski definition) is 0. The quantitative estimate of drug-likeness (QED) is 0.456. The van der Waals surface area contributed by atoms with Crippen LogP contribution in [0.4, 0.5) is 5.69 Å². The number of ether oxygens (including phenoxy) is 1. The molecule has 0 aliphatic heterocycles. The number of aryl methyl sites for hydroxylation is 2. The van der Waals surface area contributed by atoms with Crippen LogP contribution >= 0.6 is 0 Å². The van der Waals surface area contributed by atoms with E-state index >= 15 is 0 Å². The summed E-state index contributed by atoms with van der Waals surface area (Å²) >= 11 is 0. The van der Waals surface area contributed by atoms with E-state index in [4.69, 9.17) is 0 Å². The van der Waals surface area contributed by atoms with Crippen LogP contribution in [0, 0.1) is 17.0 Å². The lowest BCUT2D eigenvalue weighted by molar-refractivity contribution is -0.385. The number of nitro groups is 1. The minimum absolute atomic E-state index is 0.162. The molecule has 0 bridgehead atoms. The van der Waals surface area contributed by atoms with Crippen molar-refractivity contribution < 1.29 is 14.5 Å². The normalized spacial score (nSPS) is 10.6. The zero-order valence-electron chi connectivity index (χ0n) is 11.8. The maximum Gasteiger partial charge on any atom is 0.377 e. The van der Waals surface area contributed by atoms with Crippen molar-refractivity contribution in [3.05, 3.63) is 28.0 Å². The van der Waals surface area contributed by atoms with Crippen molar-refractivity contribution >= 4 is 11.7 Å². The molecule has 21 heavy (non-hydrogen) atoms. The second kappa shape index (κ2) is 5.69. The molecular weight excluding hydrogens is 280 g/mol. The summed E-state index contributed by atoms with van der Waals surface area (Å²) in [6.07, 6.45) is 1.96. The molecule has 0 amide bonds. The molecule has 0 atom stereocenters. The van der Waals surface area contributed by atoms with Gasteiger partial charge in [-0.05, 0) is 13.3 Å². The maximum atomic E-state index is 11.4. The van der Waals surface area contributed by atoms with Gasteiger partial charge in [-0.1, -0.05) is 6.92 Å².